The first-order chi connectivity index (χ1) is 15.8. The molecule has 0 saturated carbocycles. The van der Waals surface area contributed by atoms with Crippen molar-refractivity contribution in [3.63, 3.8) is 0 Å². The Morgan fingerprint density at radius 2 is 2.06 bits per heavy atom. The van der Waals surface area contributed by atoms with Crippen LogP contribution in [-0.2, 0) is 10.9 Å². The molecule has 1 atom stereocenters. The van der Waals surface area contributed by atoms with Crippen molar-refractivity contribution in [2.75, 3.05) is 38.9 Å². The summed E-state index contributed by atoms with van der Waals surface area (Å²) in [6.07, 6.45) is -0.816. The summed E-state index contributed by atoms with van der Waals surface area (Å²) < 4.78 is 52.7. The normalized spacial score (nSPS) is 17.5. The summed E-state index contributed by atoms with van der Waals surface area (Å²) in [4.78, 5) is 2.25. The highest BCUT2D eigenvalue weighted by molar-refractivity contribution is 5.83. The molecule has 0 bridgehead atoms. The third-order valence-corrected chi connectivity index (χ3v) is 5.65. The van der Waals surface area contributed by atoms with Crippen LogP contribution in [0.15, 0.2) is 24.4 Å². The number of likely N-dealkylation sites (tertiary alicyclic amines) is 1. The minimum atomic E-state index is -4.51. The van der Waals surface area contributed by atoms with E-state index >= 15 is 0 Å². The van der Waals surface area contributed by atoms with Crippen molar-refractivity contribution in [1.82, 2.24) is 24.7 Å². The first-order valence-electron chi connectivity index (χ1n) is 10.9. The summed E-state index contributed by atoms with van der Waals surface area (Å²) in [6, 6.07) is 4.02. The lowest BCUT2D eigenvalue weighted by Gasteiger charge is -2.30. The number of hydrogen-bond acceptors (Lipinski definition) is 7. The number of aryl methyl sites for hydroxylation is 1. The lowest BCUT2D eigenvalue weighted by atomic mass is 10.00. The average molecular weight is 464 g/mol. The Bertz CT molecular complexity index is 1120. The Morgan fingerprint density at radius 1 is 1.24 bits per heavy atom. The second kappa shape index (κ2) is 9.52. The lowest BCUT2D eigenvalue weighted by molar-refractivity contribution is -0.137. The molecule has 0 amide bonds. The minimum Gasteiger partial charge on any atom is -0.467 e. The zero-order chi connectivity index (χ0) is 23.6. The van der Waals surface area contributed by atoms with Gasteiger partial charge in [0.2, 0.25) is 5.95 Å². The van der Waals surface area contributed by atoms with E-state index in [1.165, 1.54) is 0 Å². The molecule has 11 heteroatoms. The van der Waals surface area contributed by atoms with E-state index in [1.807, 2.05) is 0 Å². The van der Waals surface area contributed by atoms with Crippen LogP contribution in [0.2, 0.25) is 0 Å². The van der Waals surface area contributed by atoms with E-state index in [2.05, 4.69) is 32.6 Å². The molecule has 3 aromatic rings. The van der Waals surface area contributed by atoms with Crippen LogP contribution < -0.4 is 10.1 Å². The first kappa shape index (κ1) is 23.2. The summed E-state index contributed by atoms with van der Waals surface area (Å²) in [6.45, 7) is 5.49. The topological polar surface area (TPSA) is 76.8 Å². The number of alkyl halides is 3. The largest absolute Gasteiger partial charge is 0.467 e. The van der Waals surface area contributed by atoms with Crippen LogP contribution in [-0.4, -0.2) is 64.3 Å². The van der Waals surface area contributed by atoms with E-state index in [-0.39, 0.29) is 18.6 Å². The third-order valence-electron chi connectivity index (χ3n) is 5.65. The maximum absolute atomic E-state index is 13.4. The zero-order valence-corrected chi connectivity index (χ0v) is 18.8. The van der Waals surface area contributed by atoms with Gasteiger partial charge in [0, 0.05) is 24.8 Å². The van der Waals surface area contributed by atoms with E-state index < -0.39 is 11.7 Å². The van der Waals surface area contributed by atoms with Gasteiger partial charge in [-0.2, -0.15) is 22.8 Å². The number of benzene rings is 1. The molecule has 0 spiro atoms. The van der Waals surface area contributed by atoms with Crippen LogP contribution in [0.4, 0.5) is 19.1 Å². The maximum atomic E-state index is 13.4. The number of halogens is 3. The molecule has 1 aliphatic rings. The highest BCUT2D eigenvalue weighted by Gasteiger charge is 2.33. The van der Waals surface area contributed by atoms with Crippen LogP contribution in [0.1, 0.15) is 30.9 Å². The van der Waals surface area contributed by atoms with Crippen LogP contribution in [0.25, 0.3) is 16.8 Å². The summed E-state index contributed by atoms with van der Waals surface area (Å²) in [5.74, 6) is 0.517. The van der Waals surface area contributed by atoms with Crippen molar-refractivity contribution < 1.29 is 22.6 Å². The second-order valence-corrected chi connectivity index (χ2v) is 8.17. The van der Waals surface area contributed by atoms with E-state index in [4.69, 9.17) is 9.47 Å². The van der Waals surface area contributed by atoms with Crippen LogP contribution >= 0.6 is 0 Å². The van der Waals surface area contributed by atoms with Gasteiger partial charge in [-0.3, -0.25) is 0 Å². The van der Waals surface area contributed by atoms with E-state index in [9.17, 15) is 13.2 Å². The molecular formula is C22H27F3N6O2. The van der Waals surface area contributed by atoms with E-state index in [0.717, 1.165) is 38.1 Å². The standard InChI is InChI=1S/C22H27F3N6O2/c1-4-32-13-33-18-11-15(22(23,24)25)10-14(2)19(18)20-17-7-8-26-31(17)21(29-28-20)27-16-6-5-9-30(3)12-16/h7-8,10-11,16H,4-6,9,12-13H2,1-3H3,(H,27,29)/t16-/m1/s1. The average Bonchev–Trinajstić information content (AvgIpc) is 3.24. The Hall–Kier alpha value is -2.92. The monoisotopic (exact) mass is 464 g/mol. The molecule has 0 aliphatic carbocycles. The number of likely N-dealkylation sites (N-methyl/N-ethyl adjacent to an activating group) is 1. The molecule has 4 rings (SSSR count). The molecule has 178 valence electrons. The first-order valence-corrected chi connectivity index (χ1v) is 10.9. The van der Waals surface area contributed by atoms with Gasteiger partial charge in [-0.25, -0.2) is 0 Å². The molecular weight excluding hydrogens is 437 g/mol. The fraction of sp³-hybridized carbons (Fsp3) is 0.500. The van der Waals surface area contributed by atoms with Gasteiger partial charge in [0.25, 0.3) is 0 Å². The molecule has 1 fully saturated rings. The van der Waals surface area contributed by atoms with Crippen molar-refractivity contribution in [1.29, 1.82) is 0 Å². The fourth-order valence-corrected chi connectivity index (χ4v) is 4.10. The number of anilines is 1. The molecule has 1 N–H and O–H groups in total. The third kappa shape index (κ3) is 5.03. The molecule has 8 nitrogen and oxygen atoms in total. The van der Waals surface area contributed by atoms with Crippen molar-refractivity contribution >= 4 is 11.5 Å². The van der Waals surface area contributed by atoms with E-state index in [1.54, 1.807) is 30.6 Å². The summed E-state index contributed by atoms with van der Waals surface area (Å²) >= 11 is 0. The molecule has 3 heterocycles. The zero-order valence-electron chi connectivity index (χ0n) is 18.8. The number of ether oxygens (including phenoxy) is 2. The number of nitrogens with zero attached hydrogens (tertiary/aromatic N) is 5. The van der Waals surface area contributed by atoms with Crippen molar-refractivity contribution in [3.8, 4) is 17.0 Å². The molecule has 1 saturated heterocycles. The van der Waals surface area contributed by atoms with Crippen LogP contribution in [0.3, 0.4) is 0 Å². The van der Waals surface area contributed by atoms with Gasteiger partial charge in [-0.1, -0.05) is 0 Å². The van der Waals surface area contributed by atoms with Gasteiger partial charge in [-0.15, -0.1) is 10.2 Å². The molecule has 2 aromatic heterocycles. The van der Waals surface area contributed by atoms with Gasteiger partial charge in [0.15, 0.2) is 6.79 Å². The quantitative estimate of drug-likeness (QED) is 0.418. The van der Waals surface area contributed by atoms with Gasteiger partial charge in [0.05, 0.1) is 17.3 Å². The SMILES string of the molecule is CCOCOc1cc(C(F)(F)F)cc(C)c1-c1nnc(N[C@@H]2CCCN(C)C2)n2nccc12. The fourth-order valence-electron chi connectivity index (χ4n) is 4.10. The summed E-state index contributed by atoms with van der Waals surface area (Å²) in [5.41, 5.74) is 0.984. The highest BCUT2D eigenvalue weighted by Crippen LogP contribution is 2.40. The Morgan fingerprint density at radius 3 is 2.79 bits per heavy atom. The van der Waals surface area contributed by atoms with Gasteiger partial charge >= 0.3 is 6.18 Å². The van der Waals surface area contributed by atoms with Crippen LogP contribution in [0, 0.1) is 6.92 Å². The van der Waals surface area contributed by atoms with Crippen molar-refractivity contribution in [3.05, 3.63) is 35.5 Å². The molecule has 0 radical (unpaired) electrons. The number of hydrogen-bond donors (Lipinski definition) is 1. The maximum Gasteiger partial charge on any atom is 0.416 e. The van der Waals surface area contributed by atoms with E-state index in [0.29, 0.717) is 34.9 Å². The smallest absolute Gasteiger partial charge is 0.416 e. The highest BCUT2D eigenvalue weighted by atomic mass is 19.4. The molecule has 0 unspecified atom stereocenters. The lowest BCUT2D eigenvalue weighted by Crippen LogP contribution is -2.40. The number of aromatic nitrogens is 4. The molecule has 33 heavy (non-hydrogen) atoms. The Labute approximate surface area is 189 Å². The number of fused-ring (bicyclic) bond motifs is 1. The number of rotatable bonds is 7. The van der Waals surface area contributed by atoms with Gasteiger partial charge < -0.3 is 19.7 Å². The van der Waals surface area contributed by atoms with Crippen molar-refractivity contribution in [2.45, 2.75) is 38.9 Å². The predicted molar refractivity (Wildman–Crippen MR) is 117 cm³/mol. The Balaban J connectivity index is 1.76. The molecule has 1 aromatic carbocycles. The second-order valence-electron chi connectivity index (χ2n) is 8.17. The van der Waals surface area contributed by atoms with Crippen LogP contribution in [0.5, 0.6) is 5.75 Å². The molecule has 1 aliphatic heterocycles. The van der Waals surface area contributed by atoms with Crippen molar-refractivity contribution in [2.24, 2.45) is 0 Å². The number of piperidine rings is 1. The minimum absolute atomic E-state index is 0.0304. The predicted octanol–water partition coefficient (Wildman–Crippen LogP) is 4.00. The Kier molecular flexibility index (Phi) is 6.71. The van der Waals surface area contributed by atoms with Gasteiger partial charge in [0.1, 0.15) is 11.4 Å². The summed E-state index contributed by atoms with van der Waals surface area (Å²) in [5, 5.41) is 16.5. The summed E-state index contributed by atoms with van der Waals surface area (Å²) in [7, 11) is 2.07. The number of nitrogens with one attached hydrogen (secondary N) is 1. The van der Waals surface area contributed by atoms with Gasteiger partial charge in [-0.05, 0) is 64.0 Å².